The Hall–Kier alpha value is -4.51. The molecule has 39 heavy (non-hydrogen) atoms. The van der Waals surface area contributed by atoms with E-state index in [1.165, 1.54) is 23.5 Å². The second-order valence-corrected chi connectivity index (χ2v) is 11.9. The van der Waals surface area contributed by atoms with E-state index in [4.69, 9.17) is 4.98 Å². The van der Waals surface area contributed by atoms with Crippen molar-refractivity contribution < 1.29 is 9.18 Å². The highest BCUT2D eigenvalue weighted by atomic mass is 32.1. The van der Waals surface area contributed by atoms with Crippen molar-refractivity contribution in [2.45, 2.75) is 34.1 Å². The summed E-state index contributed by atoms with van der Waals surface area (Å²) in [6.45, 7) is 8.00. The van der Waals surface area contributed by atoms with Crippen LogP contribution in [0.25, 0.3) is 55.3 Å². The minimum absolute atomic E-state index is 0.0945. The van der Waals surface area contributed by atoms with Gasteiger partial charge in [-0.15, -0.1) is 11.3 Å². The molecule has 3 N–H and O–H groups in total. The van der Waals surface area contributed by atoms with Crippen molar-refractivity contribution in [2.24, 2.45) is 5.41 Å². The number of amides is 1. The largest absolute Gasteiger partial charge is 0.336 e. The third kappa shape index (κ3) is 4.76. The monoisotopic (exact) mass is 540 g/mol. The third-order valence-electron chi connectivity index (χ3n) is 6.13. The molecule has 6 rings (SSSR count). The quantitative estimate of drug-likeness (QED) is 0.229. The van der Waals surface area contributed by atoms with E-state index in [1.807, 2.05) is 45.9 Å². The Balaban J connectivity index is 1.40. The van der Waals surface area contributed by atoms with E-state index in [1.54, 1.807) is 23.6 Å². The number of halogens is 1. The number of hydrogen-bond acceptors (Lipinski definition) is 7. The summed E-state index contributed by atoms with van der Waals surface area (Å²) in [5.41, 5.74) is 3.81. The number of anilines is 1. The van der Waals surface area contributed by atoms with Crippen LogP contribution in [0.3, 0.4) is 0 Å². The molecule has 9 nitrogen and oxygen atoms in total. The smallest absolute Gasteiger partial charge is 0.224 e. The number of aryl methyl sites for hydroxylation is 1. The molecule has 6 aromatic rings. The van der Waals surface area contributed by atoms with Crippen LogP contribution in [0.15, 0.2) is 49.1 Å². The number of thiophene rings is 1. The van der Waals surface area contributed by atoms with E-state index >= 15 is 4.39 Å². The van der Waals surface area contributed by atoms with Gasteiger partial charge in [-0.1, -0.05) is 20.8 Å². The molecule has 6 heterocycles. The lowest BCUT2D eigenvalue weighted by Crippen LogP contribution is -2.19. The molecule has 11 heteroatoms. The standard InChI is InChI=1S/C28H25FN8OS/c1-14-5-6-19(39-14)25-24-17(7-8-31-25)34-27(35-24)26-21-18(36-37-26)13-32-23(22(21)29)15-9-16(12-30-11-15)33-20(38)10-28(2,3)4/h5-9,11-13H,10H2,1-4H3,(H,33,38)(H,34,35)(H,36,37). The third-order valence-corrected chi connectivity index (χ3v) is 7.14. The summed E-state index contributed by atoms with van der Waals surface area (Å²) in [5, 5.41) is 10.3. The maximum absolute atomic E-state index is 16.1. The molecule has 0 saturated carbocycles. The van der Waals surface area contributed by atoms with E-state index in [0.29, 0.717) is 40.2 Å². The second kappa shape index (κ2) is 9.35. The maximum Gasteiger partial charge on any atom is 0.224 e. The molecule has 1 amide bonds. The molecule has 0 unspecified atom stereocenters. The summed E-state index contributed by atoms with van der Waals surface area (Å²) < 4.78 is 16.1. The van der Waals surface area contributed by atoms with Gasteiger partial charge in [0.1, 0.15) is 22.6 Å². The van der Waals surface area contributed by atoms with E-state index < -0.39 is 5.82 Å². The number of fused-ring (bicyclic) bond motifs is 2. The van der Waals surface area contributed by atoms with Gasteiger partial charge in [0.2, 0.25) is 5.91 Å². The summed E-state index contributed by atoms with van der Waals surface area (Å²) in [6, 6.07) is 7.55. The predicted octanol–water partition coefficient (Wildman–Crippen LogP) is 6.51. The number of rotatable bonds is 5. The highest BCUT2D eigenvalue weighted by Gasteiger charge is 2.22. The number of nitrogens with one attached hydrogen (secondary N) is 3. The van der Waals surface area contributed by atoms with Crippen molar-refractivity contribution in [3.8, 4) is 33.3 Å². The normalized spacial score (nSPS) is 11.9. The number of aromatic nitrogens is 7. The van der Waals surface area contributed by atoms with E-state index in [-0.39, 0.29) is 22.4 Å². The highest BCUT2D eigenvalue weighted by Crippen LogP contribution is 2.35. The average Bonchev–Trinajstić information content (AvgIpc) is 3.60. The highest BCUT2D eigenvalue weighted by molar-refractivity contribution is 7.15. The van der Waals surface area contributed by atoms with Crippen LogP contribution in [0, 0.1) is 18.2 Å². The number of pyridine rings is 3. The number of nitrogens with zero attached hydrogens (tertiary/aromatic N) is 5. The first-order valence-corrected chi connectivity index (χ1v) is 13.2. The molecule has 196 valence electrons. The summed E-state index contributed by atoms with van der Waals surface area (Å²) in [5.74, 6) is -0.293. The van der Waals surface area contributed by atoms with Crippen molar-refractivity contribution in [1.29, 1.82) is 0 Å². The van der Waals surface area contributed by atoms with Gasteiger partial charge in [0.15, 0.2) is 11.6 Å². The predicted molar refractivity (Wildman–Crippen MR) is 151 cm³/mol. The Morgan fingerprint density at radius 3 is 2.67 bits per heavy atom. The lowest BCUT2D eigenvalue weighted by Gasteiger charge is -2.17. The molecule has 0 radical (unpaired) electrons. The van der Waals surface area contributed by atoms with Crippen molar-refractivity contribution >= 4 is 44.9 Å². The van der Waals surface area contributed by atoms with Crippen LogP contribution in [0.4, 0.5) is 10.1 Å². The zero-order chi connectivity index (χ0) is 27.3. The van der Waals surface area contributed by atoms with Gasteiger partial charge in [-0.05, 0) is 36.6 Å². The van der Waals surface area contributed by atoms with E-state index in [2.05, 4.69) is 35.5 Å². The van der Waals surface area contributed by atoms with Crippen LogP contribution in [0.1, 0.15) is 32.1 Å². The van der Waals surface area contributed by atoms with Gasteiger partial charge >= 0.3 is 0 Å². The van der Waals surface area contributed by atoms with Crippen LogP contribution in [0.5, 0.6) is 0 Å². The molecule has 0 aliphatic carbocycles. The summed E-state index contributed by atoms with van der Waals surface area (Å²) >= 11 is 1.64. The molecule has 0 aromatic carbocycles. The first kappa shape index (κ1) is 24.8. The van der Waals surface area contributed by atoms with Crippen molar-refractivity contribution in [1.82, 2.24) is 35.1 Å². The van der Waals surface area contributed by atoms with Gasteiger partial charge in [-0.25, -0.2) is 9.37 Å². The van der Waals surface area contributed by atoms with Crippen LogP contribution >= 0.6 is 11.3 Å². The topological polar surface area (TPSA) is 125 Å². The lowest BCUT2D eigenvalue weighted by molar-refractivity contribution is -0.117. The number of imidazole rings is 1. The molecule has 0 aliphatic heterocycles. The summed E-state index contributed by atoms with van der Waals surface area (Å²) in [6.07, 6.45) is 6.63. The van der Waals surface area contributed by atoms with Crippen molar-refractivity contribution in [3.05, 3.63) is 59.7 Å². The van der Waals surface area contributed by atoms with Gasteiger partial charge < -0.3 is 10.3 Å². The molecule has 0 fully saturated rings. The fourth-order valence-corrected chi connectivity index (χ4v) is 5.33. The zero-order valence-corrected chi connectivity index (χ0v) is 22.6. The van der Waals surface area contributed by atoms with Gasteiger partial charge in [-0.3, -0.25) is 24.8 Å². The van der Waals surface area contributed by atoms with Crippen LogP contribution in [-0.4, -0.2) is 41.0 Å². The number of aromatic amines is 2. The minimum Gasteiger partial charge on any atom is -0.336 e. The van der Waals surface area contributed by atoms with Crippen LogP contribution in [0.2, 0.25) is 0 Å². The van der Waals surface area contributed by atoms with Gasteiger partial charge in [-0.2, -0.15) is 5.10 Å². The van der Waals surface area contributed by atoms with E-state index in [0.717, 1.165) is 16.1 Å². The first-order chi connectivity index (χ1) is 18.7. The number of hydrogen-bond donors (Lipinski definition) is 3. The van der Waals surface area contributed by atoms with Gasteiger partial charge in [0, 0.05) is 29.3 Å². The first-order valence-electron chi connectivity index (χ1n) is 12.4. The summed E-state index contributed by atoms with van der Waals surface area (Å²) in [7, 11) is 0. The number of H-pyrrole nitrogens is 2. The lowest BCUT2D eigenvalue weighted by atomic mass is 9.92. The van der Waals surface area contributed by atoms with Crippen molar-refractivity contribution in [2.75, 3.05) is 5.32 Å². The minimum atomic E-state index is -0.566. The molecule has 6 aromatic heterocycles. The van der Waals surface area contributed by atoms with E-state index in [9.17, 15) is 4.79 Å². The zero-order valence-electron chi connectivity index (χ0n) is 21.8. The molecule has 0 bridgehead atoms. The fraction of sp³-hybridized carbons (Fsp3) is 0.214. The molecule has 0 saturated heterocycles. The second-order valence-electron chi connectivity index (χ2n) is 10.6. The SMILES string of the molecule is Cc1ccc(-c2nccc3[nH]c(-c4n[nH]c5cnc(-c6cncc(NC(=O)CC(C)(C)C)c6)c(F)c45)nc23)s1. The Bertz CT molecular complexity index is 1860. The van der Waals surface area contributed by atoms with Gasteiger partial charge in [0.25, 0.3) is 0 Å². The molecule has 0 aliphatic rings. The molecular formula is C28H25FN8OS. The van der Waals surface area contributed by atoms with Crippen LogP contribution in [-0.2, 0) is 4.79 Å². The Labute approximate surface area is 227 Å². The summed E-state index contributed by atoms with van der Waals surface area (Å²) in [4.78, 5) is 35.7. The molecule has 0 atom stereocenters. The number of carbonyl (C=O) groups is 1. The Morgan fingerprint density at radius 1 is 1.05 bits per heavy atom. The maximum atomic E-state index is 16.1. The molecule has 0 spiro atoms. The Morgan fingerprint density at radius 2 is 1.90 bits per heavy atom. The average molecular weight is 541 g/mol. The molecular weight excluding hydrogens is 515 g/mol. The van der Waals surface area contributed by atoms with Crippen LogP contribution < -0.4 is 5.32 Å². The fourth-order valence-electron chi connectivity index (χ4n) is 4.46. The Kier molecular flexibility index (Phi) is 5.95. The number of carbonyl (C=O) groups excluding carboxylic acids is 1. The van der Waals surface area contributed by atoms with Gasteiger partial charge in [0.05, 0.1) is 39.4 Å². The van der Waals surface area contributed by atoms with Crippen molar-refractivity contribution in [3.63, 3.8) is 0 Å².